The minimum atomic E-state index is 0.0273. The summed E-state index contributed by atoms with van der Waals surface area (Å²) in [5, 5.41) is 3.46. The molecule has 80 valence electrons. The van der Waals surface area contributed by atoms with Gasteiger partial charge in [-0.3, -0.25) is 0 Å². The lowest BCUT2D eigenvalue weighted by Gasteiger charge is -2.25. The van der Waals surface area contributed by atoms with Crippen LogP contribution in [-0.4, -0.2) is 24.8 Å². The molecule has 0 unspecified atom stereocenters. The fourth-order valence-electron chi connectivity index (χ4n) is 1.08. The lowest BCUT2D eigenvalue weighted by Crippen LogP contribution is -2.37. The highest BCUT2D eigenvalue weighted by molar-refractivity contribution is 4.72. The van der Waals surface area contributed by atoms with Crippen LogP contribution in [0.25, 0.3) is 0 Å². The van der Waals surface area contributed by atoms with Crippen molar-refractivity contribution in [3.05, 3.63) is 0 Å². The van der Waals surface area contributed by atoms with Crippen molar-refractivity contribution < 1.29 is 4.74 Å². The Hall–Kier alpha value is -0.0800. The number of methoxy groups -OCH3 is 1. The summed E-state index contributed by atoms with van der Waals surface area (Å²) < 4.78 is 5.34. The van der Waals surface area contributed by atoms with E-state index in [2.05, 4.69) is 39.9 Å². The fraction of sp³-hybridized carbons (Fsp3) is 1.00. The van der Waals surface area contributed by atoms with Crippen LogP contribution in [0.3, 0.4) is 0 Å². The van der Waals surface area contributed by atoms with E-state index < -0.39 is 0 Å². The molecule has 0 aromatic carbocycles. The molecule has 0 atom stereocenters. The molecule has 0 aromatic heterocycles. The fourth-order valence-corrected chi connectivity index (χ4v) is 1.08. The molecule has 0 aromatic rings. The Morgan fingerprint density at radius 1 is 1.08 bits per heavy atom. The molecule has 0 rings (SSSR count). The highest BCUT2D eigenvalue weighted by Gasteiger charge is 2.16. The summed E-state index contributed by atoms with van der Waals surface area (Å²) in [6, 6.07) is 0. The van der Waals surface area contributed by atoms with Gasteiger partial charge >= 0.3 is 0 Å². The van der Waals surface area contributed by atoms with Crippen LogP contribution in [0.1, 0.15) is 47.5 Å². The Balaban J connectivity index is 3.47. The van der Waals surface area contributed by atoms with E-state index in [9.17, 15) is 0 Å². The van der Waals surface area contributed by atoms with E-state index in [1.807, 2.05) is 0 Å². The predicted molar refractivity (Wildman–Crippen MR) is 58.1 cm³/mol. The molecule has 0 spiro atoms. The van der Waals surface area contributed by atoms with Crippen LogP contribution in [0.2, 0.25) is 0 Å². The number of ether oxygens (including phenoxy) is 1. The maximum absolute atomic E-state index is 5.34. The van der Waals surface area contributed by atoms with Crippen molar-refractivity contribution in [1.82, 2.24) is 5.32 Å². The molecule has 0 bridgehead atoms. The van der Waals surface area contributed by atoms with Gasteiger partial charge in [-0.1, -0.05) is 0 Å². The van der Waals surface area contributed by atoms with Gasteiger partial charge in [0, 0.05) is 12.6 Å². The van der Waals surface area contributed by atoms with E-state index in [4.69, 9.17) is 4.74 Å². The minimum absolute atomic E-state index is 0.0273. The van der Waals surface area contributed by atoms with Gasteiger partial charge in [0.15, 0.2) is 0 Å². The van der Waals surface area contributed by atoms with E-state index in [0.29, 0.717) is 0 Å². The largest absolute Gasteiger partial charge is 0.379 e. The van der Waals surface area contributed by atoms with Crippen molar-refractivity contribution in [2.75, 3.05) is 13.7 Å². The molecule has 0 aliphatic heterocycles. The second-order valence-corrected chi connectivity index (χ2v) is 5.24. The van der Waals surface area contributed by atoms with Crippen molar-refractivity contribution in [3.63, 3.8) is 0 Å². The number of hydrogen-bond acceptors (Lipinski definition) is 2. The topological polar surface area (TPSA) is 21.3 Å². The maximum atomic E-state index is 5.34. The lowest BCUT2D eigenvalue weighted by molar-refractivity contribution is 0.0137. The molecule has 13 heavy (non-hydrogen) atoms. The number of nitrogens with one attached hydrogen (secondary N) is 1. The standard InChI is InChI=1S/C11H25NO/c1-10(2,3)12-9-7-8-11(4,5)13-6/h12H,7-9H2,1-6H3. The van der Waals surface area contributed by atoms with E-state index in [-0.39, 0.29) is 11.1 Å². The predicted octanol–water partition coefficient (Wildman–Crippen LogP) is 2.58. The Morgan fingerprint density at radius 2 is 1.62 bits per heavy atom. The van der Waals surface area contributed by atoms with Gasteiger partial charge in [0.2, 0.25) is 0 Å². The molecular formula is C11H25NO. The Labute approximate surface area is 83.1 Å². The van der Waals surface area contributed by atoms with Gasteiger partial charge in [-0.15, -0.1) is 0 Å². The average Bonchev–Trinajstić information content (AvgIpc) is 1.97. The summed E-state index contributed by atoms with van der Waals surface area (Å²) >= 11 is 0. The SMILES string of the molecule is COC(C)(C)CCCNC(C)(C)C. The molecule has 0 heterocycles. The number of rotatable bonds is 5. The van der Waals surface area contributed by atoms with E-state index in [1.165, 1.54) is 0 Å². The molecule has 0 aliphatic rings. The first-order valence-corrected chi connectivity index (χ1v) is 5.07. The van der Waals surface area contributed by atoms with Crippen LogP contribution in [0, 0.1) is 0 Å². The first-order valence-electron chi connectivity index (χ1n) is 5.07. The molecule has 0 fully saturated rings. The third-order valence-electron chi connectivity index (χ3n) is 2.16. The summed E-state index contributed by atoms with van der Waals surface area (Å²) in [5.74, 6) is 0. The quantitative estimate of drug-likeness (QED) is 0.668. The smallest absolute Gasteiger partial charge is 0.0623 e. The second kappa shape index (κ2) is 4.97. The van der Waals surface area contributed by atoms with Gasteiger partial charge in [-0.25, -0.2) is 0 Å². The molecule has 0 saturated carbocycles. The summed E-state index contributed by atoms with van der Waals surface area (Å²) in [5.41, 5.74) is 0.261. The monoisotopic (exact) mass is 187 g/mol. The van der Waals surface area contributed by atoms with E-state index in [0.717, 1.165) is 19.4 Å². The highest BCUT2D eigenvalue weighted by atomic mass is 16.5. The summed E-state index contributed by atoms with van der Waals surface area (Å²) in [6.07, 6.45) is 2.27. The first-order chi connectivity index (χ1) is 5.77. The van der Waals surface area contributed by atoms with Gasteiger partial charge in [0.05, 0.1) is 5.60 Å². The number of hydrogen-bond donors (Lipinski definition) is 1. The maximum Gasteiger partial charge on any atom is 0.0623 e. The van der Waals surface area contributed by atoms with Crippen LogP contribution in [0.4, 0.5) is 0 Å². The van der Waals surface area contributed by atoms with Gasteiger partial charge in [-0.05, 0) is 54.0 Å². The van der Waals surface area contributed by atoms with Crippen molar-refractivity contribution in [2.24, 2.45) is 0 Å². The molecule has 0 saturated heterocycles. The average molecular weight is 187 g/mol. The molecular weight excluding hydrogens is 162 g/mol. The van der Waals surface area contributed by atoms with Crippen molar-refractivity contribution in [2.45, 2.75) is 58.6 Å². The van der Waals surface area contributed by atoms with Crippen molar-refractivity contribution in [1.29, 1.82) is 0 Å². The Bertz CT molecular complexity index is 136. The third kappa shape index (κ3) is 8.26. The lowest BCUT2D eigenvalue weighted by atomic mass is 10.0. The molecule has 0 aliphatic carbocycles. The van der Waals surface area contributed by atoms with Crippen LogP contribution in [-0.2, 0) is 4.74 Å². The zero-order valence-electron chi connectivity index (χ0n) is 10.0. The van der Waals surface area contributed by atoms with E-state index in [1.54, 1.807) is 7.11 Å². The van der Waals surface area contributed by atoms with Crippen molar-refractivity contribution >= 4 is 0 Å². The molecule has 2 heteroatoms. The molecule has 0 radical (unpaired) electrons. The van der Waals surface area contributed by atoms with Crippen LogP contribution in [0.5, 0.6) is 0 Å². The summed E-state index contributed by atoms with van der Waals surface area (Å²) in [7, 11) is 1.77. The third-order valence-corrected chi connectivity index (χ3v) is 2.16. The van der Waals surface area contributed by atoms with E-state index >= 15 is 0 Å². The zero-order chi connectivity index (χ0) is 10.5. The molecule has 0 amide bonds. The van der Waals surface area contributed by atoms with Gasteiger partial charge in [-0.2, -0.15) is 0 Å². The van der Waals surface area contributed by atoms with Crippen LogP contribution >= 0.6 is 0 Å². The Kier molecular flexibility index (Phi) is 4.93. The van der Waals surface area contributed by atoms with Gasteiger partial charge in [0.1, 0.15) is 0 Å². The highest BCUT2D eigenvalue weighted by Crippen LogP contribution is 2.14. The van der Waals surface area contributed by atoms with Crippen molar-refractivity contribution in [3.8, 4) is 0 Å². The zero-order valence-corrected chi connectivity index (χ0v) is 10.0. The minimum Gasteiger partial charge on any atom is -0.379 e. The van der Waals surface area contributed by atoms with Crippen LogP contribution < -0.4 is 5.32 Å². The summed E-state index contributed by atoms with van der Waals surface area (Å²) in [4.78, 5) is 0. The van der Waals surface area contributed by atoms with Gasteiger partial charge < -0.3 is 10.1 Å². The second-order valence-electron chi connectivity index (χ2n) is 5.24. The molecule has 1 N–H and O–H groups in total. The first kappa shape index (κ1) is 12.9. The molecule has 2 nitrogen and oxygen atoms in total. The van der Waals surface area contributed by atoms with Crippen LogP contribution in [0.15, 0.2) is 0 Å². The summed E-state index contributed by atoms with van der Waals surface area (Å²) in [6.45, 7) is 11.9. The Morgan fingerprint density at radius 3 is 2.00 bits per heavy atom. The normalized spacial score (nSPS) is 13.4. The van der Waals surface area contributed by atoms with Gasteiger partial charge in [0.25, 0.3) is 0 Å².